The summed E-state index contributed by atoms with van der Waals surface area (Å²) in [5.74, 6) is -1.74. The number of sulfone groups is 1. The number of aliphatic hydroxyl groups is 2. The van der Waals surface area contributed by atoms with Crippen LogP contribution in [0, 0.1) is 23.2 Å². The summed E-state index contributed by atoms with van der Waals surface area (Å²) >= 11 is 0. The van der Waals surface area contributed by atoms with Crippen LogP contribution in [0.2, 0.25) is 0 Å². The molecule has 0 radical (unpaired) electrons. The van der Waals surface area contributed by atoms with Crippen LogP contribution in [0.5, 0.6) is 0 Å². The van der Waals surface area contributed by atoms with Crippen LogP contribution in [-0.2, 0) is 29.0 Å². The summed E-state index contributed by atoms with van der Waals surface area (Å²) in [6.45, 7) is 3.11. The molecule has 8 nitrogen and oxygen atoms in total. The third-order valence-electron chi connectivity index (χ3n) is 9.74. The average Bonchev–Trinajstić information content (AvgIpc) is 3.23. The summed E-state index contributed by atoms with van der Waals surface area (Å²) in [6.07, 6.45) is 6.10. The first kappa shape index (κ1) is 30.6. The number of Topliss-reactive ketones (excluding diaryl/α,β-unsaturated/α-hetero) is 1. The number of unbranched alkanes of at least 4 members (excludes halogenated alkanes) is 1. The first-order valence-electron chi connectivity index (χ1n) is 14.5. The van der Waals surface area contributed by atoms with Crippen LogP contribution in [0.1, 0.15) is 78.1 Å². The molecule has 0 spiro atoms. The fourth-order valence-electron chi connectivity index (χ4n) is 7.70. The highest BCUT2D eigenvalue weighted by Gasteiger charge is 2.68. The summed E-state index contributed by atoms with van der Waals surface area (Å²) in [7, 11) is -3.72. The molecule has 40 heavy (non-hydrogen) atoms. The van der Waals surface area contributed by atoms with Crippen molar-refractivity contribution in [2.75, 3.05) is 12.4 Å². The molecule has 0 aromatic heterocycles. The number of aliphatic hydroxyl groups excluding tert-OH is 2. The molecular formula is C31H42O8S. The molecule has 0 saturated heterocycles. The Bertz CT molecular complexity index is 1240. The molecule has 0 bridgehead atoms. The van der Waals surface area contributed by atoms with Crippen molar-refractivity contribution < 1.29 is 37.8 Å². The molecule has 9 heteroatoms. The summed E-state index contributed by atoms with van der Waals surface area (Å²) in [4.78, 5) is 38.8. The van der Waals surface area contributed by atoms with Gasteiger partial charge in [-0.2, -0.15) is 0 Å². The standard InChI is InChI=1S/C31H42O8S/c1-3-4-8-22(33)17-21-11-12-24-25(18-21)27(34)19-30(2)26(24)13-15-31(30,28(35)20-32)39-29(36)14-16-40(37,38)23-9-6-5-7-10-23/h5-7,9-10,17,24-27,32,34H,3-4,8,11-16,18-20H2,1-2H3/b21-17-/t24-,25-,26+,27+,30+,31+/m1/s1. The van der Waals surface area contributed by atoms with Crippen LogP contribution in [0.4, 0.5) is 0 Å². The summed E-state index contributed by atoms with van der Waals surface area (Å²) in [5.41, 5.74) is -1.47. The smallest absolute Gasteiger partial charge is 0.307 e. The number of fused-ring (bicyclic) bond motifs is 3. The Balaban J connectivity index is 1.51. The van der Waals surface area contributed by atoms with Crippen molar-refractivity contribution in [1.82, 2.24) is 0 Å². The first-order chi connectivity index (χ1) is 19.0. The van der Waals surface area contributed by atoms with E-state index in [0.29, 0.717) is 19.3 Å². The number of carbonyl (C=O) groups is 3. The minimum atomic E-state index is -3.72. The Morgan fingerprint density at radius 1 is 1.10 bits per heavy atom. The van der Waals surface area contributed by atoms with Gasteiger partial charge in [0.15, 0.2) is 21.2 Å². The molecule has 0 unspecified atom stereocenters. The molecule has 4 rings (SSSR count). The summed E-state index contributed by atoms with van der Waals surface area (Å²) in [6, 6.07) is 7.84. The lowest BCUT2D eigenvalue weighted by Gasteiger charge is -2.55. The fraction of sp³-hybridized carbons (Fsp3) is 0.645. The molecule has 2 N–H and O–H groups in total. The summed E-state index contributed by atoms with van der Waals surface area (Å²) in [5, 5.41) is 21.3. The lowest BCUT2D eigenvalue weighted by Crippen LogP contribution is -2.61. The van der Waals surface area contributed by atoms with E-state index in [1.54, 1.807) is 24.3 Å². The maximum absolute atomic E-state index is 13.3. The second kappa shape index (κ2) is 12.2. The molecule has 3 aliphatic rings. The van der Waals surface area contributed by atoms with Crippen molar-refractivity contribution in [3.63, 3.8) is 0 Å². The van der Waals surface area contributed by atoms with E-state index in [0.717, 1.165) is 31.3 Å². The van der Waals surface area contributed by atoms with Gasteiger partial charge >= 0.3 is 5.97 Å². The van der Waals surface area contributed by atoms with E-state index in [2.05, 4.69) is 0 Å². The van der Waals surface area contributed by atoms with Crippen LogP contribution in [0.3, 0.4) is 0 Å². The van der Waals surface area contributed by atoms with Gasteiger partial charge in [-0.3, -0.25) is 14.4 Å². The van der Waals surface area contributed by atoms with Crippen LogP contribution in [-0.4, -0.2) is 60.2 Å². The Morgan fingerprint density at radius 2 is 1.82 bits per heavy atom. The zero-order chi connectivity index (χ0) is 29.1. The average molecular weight is 575 g/mol. The predicted molar refractivity (Wildman–Crippen MR) is 149 cm³/mol. The van der Waals surface area contributed by atoms with E-state index in [-0.39, 0.29) is 41.3 Å². The van der Waals surface area contributed by atoms with Gasteiger partial charge in [0.25, 0.3) is 0 Å². The zero-order valence-corrected chi connectivity index (χ0v) is 24.3. The van der Waals surface area contributed by atoms with Crippen molar-refractivity contribution >= 4 is 27.4 Å². The Hall–Kier alpha value is -2.36. The lowest BCUT2D eigenvalue weighted by atomic mass is 9.52. The number of esters is 1. The topological polar surface area (TPSA) is 135 Å². The van der Waals surface area contributed by atoms with E-state index in [1.165, 1.54) is 12.1 Å². The maximum atomic E-state index is 13.3. The molecular weight excluding hydrogens is 532 g/mol. The van der Waals surface area contributed by atoms with Gasteiger partial charge in [-0.1, -0.05) is 44.0 Å². The molecule has 1 aromatic carbocycles. The van der Waals surface area contributed by atoms with Crippen LogP contribution in [0.15, 0.2) is 46.9 Å². The SMILES string of the molecule is CCCCC(=O)/C=C1/CC[C@@H]2[C@@H](C1)[C@@H](O)C[C@@]1(C)[C@H]2CC[C@]1(OC(=O)CCS(=O)(=O)c1ccccc1)C(=O)CO. The molecule has 3 fully saturated rings. The van der Waals surface area contributed by atoms with Gasteiger partial charge in [0, 0.05) is 11.8 Å². The number of carbonyl (C=O) groups excluding carboxylic acids is 3. The minimum absolute atomic E-state index is 0.0189. The Kier molecular flexibility index (Phi) is 9.37. The normalized spacial score (nSPS) is 32.8. The maximum Gasteiger partial charge on any atom is 0.307 e. The third-order valence-corrected chi connectivity index (χ3v) is 11.5. The molecule has 220 valence electrons. The quantitative estimate of drug-likeness (QED) is 0.299. The van der Waals surface area contributed by atoms with Gasteiger partial charge in [-0.05, 0) is 80.9 Å². The Morgan fingerprint density at radius 3 is 2.50 bits per heavy atom. The second-order valence-corrected chi connectivity index (χ2v) is 14.2. The molecule has 0 amide bonds. The van der Waals surface area contributed by atoms with Gasteiger partial charge in [-0.15, -0.1) is 0 Å². The molecule has 3 aliphatic carbocycles. The van der Waals surface area contributed by atoms with Crippen molar-refractivity contribution in [2.45, 2.75) is 94.7 Å². The van der Waals surface area contributed by atoms with Crippen LogP contribution >= 0.6 is 0 Å². The van der Waals surface area contributed by atoms with E-state index < -0.39 is 57.5 Å². The summed E-state index contributed by atoms with van der Waals surface area (Å²) < 4.78 is 31.3. The van der Waals surface area contributed by atoms with Gasteiger partial charge < -0.3 is 14.9 Å². The molecule has 0 heterocycles. The highest BCUT2D eigenvalue weighted by atomic mass is 32.2. The van der Waals surface area contributed by atoms with Gasteiger partial charge in [-0.25, -0.2) is 8.42 Å². The number of hydrogen-bond donors (Lipinski definition) is 2. The fourth-order valence-corrected chi connectivity index (χ4v) is 8.94. The molecule has 0 aliphatic heterocycles. The molecule has 1 aromatic rings. The number of ether oxygens (including phenoxy) is 1. The van der Waals surface area contributed by atoms with E-state index in [4.69, 9.17) is 4.74 Å². The minimum Gasteiger partial charge on any atom is -0.450 e. The highest BCUT2D eigenvalue weighted by molar-refractivity contribution is 7.91. The van der Waals surface area contributed by atoms with Crippen molar-refractivity contribution in [3.8, 4) is 0 Å². The number of hydrogen-bond acceptors (Lipinski definition) is 8. The lowest BCUT2D eigenvalue weighted by molar-refractivity contribution is -0.196. The zero-order valence-electron chi connectivity index (χ0n) is 23.5. The monoisotopic (exact) mass is 574 g/mol. The number of allylic oxidation sites excluding steroid dienone is 2. The van der Waals surface area contributed by atoms with Crippen molar-refractivity contribution in [1.29, 1.82) is 0 Å². The largest absolute Gasteiger partial charge is 0.450 e. The Labute approximate surface area is 237 Å². The second-order valence-electron chi connectivity index (χ2n) is 12.0. The highest BCUT2D eigenvalue weighted by Crippen LogP contribution is 2.64. The molecule has 3 saturated carbocycles. The van der Waals surface area contributed by atoms with Crippen molar-refractivity contribution in [2.24, 2.45) is 23.2 Å². The van der Waals surface area contributed by atoms with Gasteiger partial charge in [0.2, 0.25) is 5.78 Å². The van der Waals surface area contributed by atoms with Crippen LogP contribution in [0.25, 0.3) is 0 Å². The first-order valence-corrected chi connectivity index (χ1v) is 16.2. The van der Waals surface area contributed by atoms with E-state index in [9.17, 15) is 33.0 Å². The van der Waals surface area contributed by atoms with E-state index in [1.807, 2.05) is 13.8 Å². The molecule has 6 atom stereocenters. The number of benzene rings is 1. The van der Waals surface area contributed by atoms with Crippen LogP contribution < -0.4 is 0 Å². The van der Waals surface area contributed by atoms with E-state index >= 15 is 0 Å². The number of rotatable bonds is 11. The number of ketones is 2. The predicted octanol–water partition coefficient (Wildman–Crippen LogP) is 3.98. The van der Waals surface area contributed by atoms with Crippen molar-refractivity contribution in [3.05, 3.63) is 42.0 Å². The third kappa shape index (κ3) is 5.83. The van der Waals surface area contributed by atoms with Gasteiger partial charge in [0.1, 0.15) is 6.61 Å². The van der Waals surface area contributed by atoms with Gasteiger partial charge in [0.05, 0.1) is 23.2 Å².